The van der Waals surface area contributed by atoms with Gasteiger partial charge in [0.2, 0.25) is 5.91 Å². The van der Waals surface area contributed by atoms with Crippen molar-refractivity contribution in [3.8, 4) is 0 Å². The molecule has 1 N–H and O–H groups in total. The predicted molar refractivity (Wildman–Crippen MR) is 93.4 cm³/mol. The van der Waals surface area contributed by atoms with E-state index in [1.807, 2.05) is 11.6 Å². The summed E-state index contributed by atoms with van der Waals surface area (Å²) < 4.78 is 41.2. The van der Waals surface area contributed by atoms with Crippen molar-refractivity contribution < 1.29 is 18.0 Å². The van der Waals surface area contributed by atoms with Gasteiger partial charge in [-0.25, -0.2) is 0 Å². The van der Waals surface area contributed by atoms with Gasteiger partial charge in [-0.15, -0.1) is 10.2 Å². The Morgan fingerprint density at radius 1 is 1.38 bits per heavy atom. The Balaban J connectivity index is 1.72. The number of nitrogens with zero attached hydrogens (tertiary/aromatic N) is 3. The second kappa shape index (κ2) is 7.11. The summed E-state index contributed by atoms with van der Waals surface area (Å²) in [6.07, 6.45) is -2.47. The molecule has 10 heteroatoms. The van der Waals surface area contributed by atoms with Crippen LogP contribution in [0.25, 0.3) is 0 Å². The molecule has 1 heterocycles. The number of nitrogens with one attached hydrogen (secondary N) is 1. The lowest BCUT2D eigenvalue weighted by Gasteiger charge is -2.16. The van der Waals surface area contributed by atoms with E-state index in [1.54, 1.807) is 6.92 Å². The maximum Gasteiger partial charge on any atom is 0.418 e. The highest BCUT2D eigenvalue weighted by molar-refractivity contribution is 8.00. The van der Waals surface area contributed by atoms with Gasteiger partial charge in [-0.2, -0.15) is 13.2 Å². The fourth-order valence-corrected chi connectivity index (χ4v) is 3.43. The zero-order chi connectivity index (χ0) is 19.1. The summed E-state index contributed by atoms with van der Waals surface area (Å²) in [6.45, 7) is 1.61. The maximum absolute atomic E-state index is 13.1. The van der Waals surface area contributed by atoms with E-state index in [1.165, 1.54) is 6.07 Å². The van der Waals surface area contributed by atoms with E-state index in [2.05, 4.69) is 15.5 Å². The number of aromatic nitrogens is 3. The van der Waals surface area contributed by atoms with Crippen molar-refractivity contribution in [2.75, 3.05) is 5.32 Å². The van der Waals surface area contributed by atoms with E-state index in [4.69, 9.17) is 11.6 Å². The summed E-state index contributed by atoms with van der Waals surface area (Å²) in [5, 5.41) is 10.4. The molecule has 1 saturated carbocycles. The molecule has 1 aliphatic carbocycles. The van der Waals surface area contributed by atoms with Crippen LogP contribution in [0.4, 0.5) is 18.9 Å². The minimum absolute atomic E-state index is 0.0514. The second-order valence-corrected chi connectivity index (χ2v) is 7.86. The Kier molecular flexibility index (Phi) is 5.21. The highest BCUT2D eigenvalue weighted by Crippen LogP contribution is 2.40. The normalized spacial score (nSPS) is 15.8. The quantitative estimate of drug-likeness (QED) is 0.746. The first-order chi connectivity index (χ1) is 12.2. The Morgan fingerprint density at radius 2 is 2.08 bits per heavy atom. The lowest BCUT2D eigenvalue weighted by Crippen LogP contribution is -2.24. The number of thioether (sulfide) groups is 1. The molecule has 5 nitrogen and oxygen atoms in total. The molecule has 140 valence electrons. The molecule has 0 spiro atoms. The zero-order valence-corrected chi connectivity index (χ0v) is 15.5. The van der Waals surface area contributed by atoms with Crippen LogP contribution in [0.15, 0.2) is 23.4 Å². The fourth-order valence-electron chi connectivity index (χ4n) is 2.43. The van der Waals surface area contributed by atoms with Gasteiger partial charge >= 0.3 is 6.18 Å². The summed E-state index contributed by atoms with van der Waals surface area (Å²) in [5.41, 5.74) is -1.30. The molecule has 1 atom stereocenters. The van der Waals surface area contributed by atoms with Gasteiger partial charge in [-0.3, -0.25) is 4.79 Å². The lowest BCUT2D eigenvalue weighted by atomic mass is 10.1. The monoisotopic (exact) mass is 404 g/mol. The van der Waals surface area contributed by atoms with Crippen LogP contribution in [0.1, 0.15) is 37.1 Å². The van der Waals surface area contributed by atoms with E-state index in [0.717, 1.165) is 42.6 Å². The third kappa shape index (κ3) is 4.15. The molecule has 1 aromatic carbocycles. The van der Waals surface area contributed by atoms with Crippen LogP contribution in [-0.2, 0) is 18.0 Å². The third-order valence-corrected chi connectivity index (χ3v) is 5.38. The van der Waals surface area contributed by atoms with Crippen LogP contribution in [0.2, 0.25) is 5.02 Å². The van der Waals surface area contributed by atoms with Crippen molar-refractivity contribution in [3.63, 3.8) is 0 Å². The molecule has 1 fully saturated rings. The first-order valence-electron chi connectivity index (χ1n) is 7.90. The molecule has 1 aliphatic rings. The Labute approximate surface area is 157 Å². The summed E-state index contributed by atoms with van der Waals surface area (Å²) >= 11 is 6.79. The second-order valence-electron chi connectivity index (χ2n) is 6.11. The summed E-state index contributed by atoms with van der Waals surface area (Å²) in [7, 11) is 1.82. The van der Waals surface area contributed by atoms with Crippen molar-refractivity contribution >= 4 is 35.0 Å². The Bertz CT molecular complexity index is 835. The summed E-state index contributed by atoms with van der Waals surface area (Å²) in [4.78, 5) is 12.4. The molecule has 0 unspecified atom stereocenters. The largest absolute Gasteiger partial charge is 0.418 e. The molecule has 1 aromatic heterocycles. The molecular weight excluding hydrogens is 389 g/mol. The number of carbonyl (C=O) groups is 1. The van der Waals surface area contributed by atoms with Gasteiger partial charge in [0, 0.05) is 18.0 Å². The first-order valence-corrected chi connectivity index (χ1v) is 9.16. The van der Waals surface area contributed by atoms with E-state index < -0.39 is 22.9 Å². The van der Waals surface area contributed by atoms with Gasteiger partial charge in [0.15, 0.2) is 5.16 Å². The molecule has 0 aliphatic heterocycles. The van der Waals surface area contributed by atoms with Crippen molar-refractivity contribution in [1.82, 2.24) is 14.8 Å². The Morgan fingerprint density at radius 3 is 2.69 bits per heavy atom. The van der Waals surface area contributed by atoms with Crippen LogP contribution in [0, 0.1) is 0 Å². The van der Waals surface area contributed by atoms with E-state index in [9.17, 15) is 18.0 Å². The van der Waals surface area contributed by atoms with Gasteiger partial charge in [0.25, 0.3) is 0 Å². The average Bonchev–Trinajstić information content (AvgIpc) is 3.33. The molecule has 2 aromatic rings. The van der Waals surface area contributed by atoms with Crippen molar-refractivity contribution in [2.45, 2.75) is 42.3 Å². The number of amides is 1. The fraction of sp³-hybridized carbons (Fsp3) is 0.438. The van der Waals surface area contributed by atoms with Crippen molar-refractivity contribution in [1.29, 1.82) is 0 Å². The number of anilines is 1. The summed E-state index contributed by atoms with van der Waals surface area (Å²) in [6, 6.07) is 3.24. The summed E-state index contributed by atoms with van der Waals surface area (Å²) in [5.74, 6) is 0.727. The maximum atomic E-state index is 13.1. The molecule has 0 bridgehead atoms. The van der Waals surface area contributed by atoms with Crippen LogP contribution < -0.4 is 5.32 Å². The van der Waals surface area contributed by atoms with E-state index in [-0.39, 0.29) is 10.7 Å². The van der Waals surface area contributed by atoms with Gasteiger partial charge in [0.1, 0.15) is 5.82 Å². The highest BCUT2D eigenvalue weighted by atomic mass is 35.5. The standard InChI is InChI=1S/C16H16ClF3N4OS/c1-8(26-15-23-22-13(24(15)2)9-3-4-9)14(25)21-12-6-5-10(17)7-11(12)16(18,19)20/h5-9H,3-4H2,1-2H3,(H,21,25)/t8-/m1/s1. The Hall–Kier alpha value is -1.74. The number of hydrogen-bond acceptors (Lipinski definition) is 4. The van der Waals surface area contributed by atoms with Crippen LogP contribution in [0.3, 0.4) is 0 Å². The smallest absolute Gasteiger partial charge is 0.325 e. The molecule has 26 heavy (non-hydrogen) atoms. The number of carbonyl (C=O) groups excluding carboxylic acids is 1. The molecular formula is C16H16ClF3N4OS. The van der Waals surface area contributed by atoms with Crippen LogP contribution >= 0.6 is 23.4 Å². The van der Waals surface area contributed by atoms with Gasteiger partial charge in [0.05, 0.1) is 16.5 Å². The minimum atomic E-state index is -4.62. The van der Waals surface area contributed by atoms with E-state index in [0.29, 0.717) is 11.1 Å². The molecule has 1 amide bonds. The number of halogens is 4. The predicted octanol–water partition coefficient (Wildman–Crippen LogP) is 4.48. The van der Waals surface area contributed by atoms with Crippen LogP contribution in [0.5, 0.6) is 0 Å². The zero-order valence-electron chi connectivity index (χ0n) is 14.0. The topological polar surface area (TPSA) is 59.8 Å². The van der Waals surface area contributed by atoms with Crippen molar-refractivity contribution in [2.24, 2.45) is 7.05 Å². The third-order valence-electron chi connectivity index (χ3n) is 4.01. The number of alkyl halides is 3. The van der Waals surface area contributed by atoms with Gasteiger partial charge in [-0.05, 0) is 38.0 Å². The molecule has 0 saturated heterocycles. The SMILES string of the molecule is C[C@@H](Sc1nnc(C2CC2)n1C)C(=O)Nc1ccc(Cl)cc1C(F)(F)F. The lowest BCUT2D eigenvalue weighted by molar-refractivity contribution is -0.137. The van der Waals surface area contributed by atoms with Crippen LogP contribution in [-0.4, -0.2) is 25.9 Å². The average molecular weight is 405 g/mol. The highest BCUT2D eigenvalue weighted by Gasteiger charge is 2.35. The molecule has 3 rings (SSSR count). The number of hydrogen-bond donors (Lipinski definition) is 1. The number of benzene rings is 1. The first kappa shape index (κ1) is 19.0. The van der Waals surface area contributed by atoms with Crippen molar-refractivity contribution in [3.05, 3.63) is 34.6 Å². The minimum Gasteiger partial charge on any atom is -0.325 e. The van der Waals surface area contributed by atoms with E-state index >= 15 is 0 Å². The molecule has 0 radical (unpaired) electrons. The van der Waals surface area contributed by atoms with Gasteiger partial charge < -0.3 is 9.88 Å². The number of rotatable bonds is 5. The van der Waals surface area contributed by atoms with Gasteiger partial charge in [-0.1, -0.05) is 23.4 Å².